The van der Waals surface area contributed by atoms with Gasteiger partial charge in [-0.3, -0.25) is 9.69 Å². The van der Waals surface area contributed by atoms with Gasteiger partial charge in [-0.25, -0.2) is 13.4 Å². The van der Waals surface area contributed by atoms with Crippen molar-refractivity contribution in [3.05, 3.63) is 47.5 Å². The molecule has 0 bridgehead atoms. The summed E-state index contributed by atoms with van der Waals surface area (Å²) in [4.78, 5) is 22.1. The molecular formula is C24H33ClN4O4S2. The molecule has 0 radical (unpaired) electrons. The summed E-state index contributed by atoms with van der Waals surface area (Å²) in [5.74, 6) is 0.429. The first kappa shape index (κ1) is 29.0. The molecule has 0 aliphatic carbocycles. The number of fused-ring (bicyclic) bond motifs is 1. The Balaban J connectivity index is 0.00000432. The van der Waals surface area contributed by atoms with Crippen LogP contribution in [0.3, 0.4) is 0 Å². The lowest BCUT2D eigenvalue weighted by Gasteiger charge is -2.22. The molecule has 0 unspecified atom stereocenters. The summed E-state index contributed by atoms with van der Waals surface area (Å²) in [5.41, 5.74) is 2.19. The molecule has 2 aromatic carbocycles. The largest absolute Gasteiger partial charge is 0.494 e. The van der Waals surface area contributed by atoms with Gasteiger partial charge < -0.3 is 9.64 Å². The predicted octanol–water partition coefficient (Wildman–Crippen LogP) is 4.27. The number of anilines is 1. The highest BCUT2D eigenvalue weighted by molar-refractivity contribution is 7.89. The van der Waals surface area contributed by atoms with Crippen LogP contribution in [0.4, 0.5) is 5.13 Å². The number of carbonyl (C=O) groups is 1. The first-order valence-corrected chi connectivity index (χ1v) is 13.4. The molecule has 35 heavy (non-hydrogen) atoms. The lowest BCUT2D eigenvalue weighted by Crippen LogP contribution is -2.36. The number of hydrogen-bond donors (Lipinski definition) is 0. The second-order valence-electron chi connectivity index (χ2n) is 8.13. The third-order valence-corrected chi connectivity index (χ3v) is 8.88. The topological polar surface area (TPSA) is 83.1 Å². The highest BCUT2D eigenvalue weighted by Gasteiger charge is 2.25. The van der Waals surface area contributed by atoms with Gasteiger partial charge in [0.1, 0.15) is 11.3 Å². The van der Waals surface area contributed by atoms with E-state index in [-0.39, 0.29) is 23.2 Å². The van der Waals surface area contributed by atoms with Crippen molar-refractivity contribution in [3.63, 3.8) is 0 Å². The van der Waals surface area contributed by atoms with Gasteiger partial charge >= 0.3 is 0 Å². The summed E-state index contributed by atoms with van der Waals surface area (Å²) in [6, 6.07) is 9.99. The molecule has 0 aliphatic rings. The number of aromatic nitrogens is 1. The smallest absolute Gasteiger partial charge is 0.260 e. The first-order valence-electron chi connectivity index (χ1n) is 11.1. The van der Waals surface area contributed by atoms with Crippen molar-refractivity contribution in [2.24, 2.45) is 0 Å². The molecule has 1 amide bonds. The van der Waals surface area contributed by atoms with Gasteiger partial charge in [-0.2, -0.15) is 4.31 Å². The Morgan fingerprint density at radius 2 is 1.66 bits per heavy atom. The molecule has 0 spiro atoms. The molecule has 1 heterocycles. The Labute approximate surface area is 218 Å². The summed E-state index contributed by atoms with van der Waals surface area (Å²) in [5, 5.41) is 0.578. The molecule has 1 aromatic heterocycles. The van der Waals surface area contributed by atoms with Crippen LogP contribution < -0.4 is 9.64 Å². The predicted molar refractivity (Wildman–Crippen MR) is 145 cm³/mol. The van der Waals surface area contributed by atoms with Gasteiger partial charge in [0.25, 0.3) is 5.91 Å². The van der Waals surface area contributed by atoms with Gasteiger partial charge in [0.15, 0.2) is 5.13 Å². The summed E-state index contributed by atoms with van der Waals surface area (Å²) in [7, 11) is 1.90. The van der Waals surface area contributed by atoms with Crippen molar-refractivity contribution in [2.45, 2.75) is 25.7 Å². The van der Waals surface area contributed by atoms with Crippen molar-refractivity contribution in [1.82, 2.24) is 14.2 Å². The van der Waals surface area contributed by atoms with Crippen LogP contribution in [0.5, 0.6) is 5.75 Å². The fourth-order valence-corrected chi connectivity index (χ4v) is 6.13. The Morgan fingerprint density at radius 1 is 1.03 bits per heavy atom. The number of benzene rings is 2. The van der Waals surface area contributed by atoms with E-state index < -0.39 is 10.0 Å². The number of sulfonamides is 1. The van der Waals surface area contributed by atoms with Crippen LogP contribution in [-0.2, 0) is 10.0 Å². The Bertz CT molecular complexity index is 1260. The molecule has 11 heteroatoms. The summed E-state index contributed by atoms with van der Waals surface area (Å²) >= 11 is 1.45. The van der Waals surface area contributed by atoms with E-state index in [4.69, 9.17) is 9.72 Å². The molecule has 0 aliphatic heterocycles. The number of hydrogen-bond acceptors (Lipinski definition) is 7. The monoisotopic (exact) mass is 540 g/mol. The zero-order chi connectivity index (χ0) is 25.0. The average molecular weight is 541 g/mol. The first-order chi connectivity index (χ1) is 16.1. The maximum Gasteiger partial charge on any atom is 0.260 e. The van der Waals surface area contributed by atoms with Crippen LogP contribution >= 0.6 is 23.7 Å². The van der Waals surface area contributed by atoms with Crippen LogP contribution in [0.15, 0.2) is 41.3 Å². The summed E-state index contributed by atoms with van der Waals surface area (Å²) < 4.78 is 33.4. The van der Waals surface area contributed by atoms with Crippen molar-refractivity contribution < 1.29 is 17.9 Å². The van der Waals surface area contributed by atoms with Crippen LogP contribution in [-0.4, -0.2) is 75.9 Å². The molecule has 8 nitrogen and oxygen atoms in total. The number of nitrogens with zero attached hydrogens (tertiary/aromatic N) is 4. The average Bonchev–Trinajstić information content (AvgIpc) is 3.26. The number of thiazole rings is 1. The number of rotatable bonds is 10. The highest BCUT2D eigenvalue weighted by Crippen LogP contribution is 2.36. The Hall–Kier alpha value is -2.24. The van der Waals surface area contributed by atoms with E-state index in [1.165, 1.54) is 27.8 Å². The van der Waals surface area contributed by atoms with E-state index >= 15 is 0 Å². The summed E-state index contributed by atoms with van der Waals surface area (Å²) in [6.45, 7) is 7.46. The second-order valence-corrected chi connectivity index (χ2v) is 11.0. The molecule has 0 atom stereocenters. The zero-order valence-corrected chi connectivity index (χ0v) is 23.4. The van der Waals surface area contributed by atoms with Crippen molar-refractivity contribution in [1.29, 1.82) is 0 Å². The number of ether oxygens (including phenoxy) is 1. The van der Waals surface area contributed by atoms with Crippen LogP contribution in [0.1, 0.15) is 29.8 Å². The molecule has 0 N–H and O–H groups in total. The van der Waals surface area contributed by atoms with Crippen LogP contribution in [0.2, 0.25) is 0 Å². The molecule has 3 rings (SSSR count). The number of methoxy groups -OCH3 is 1. The SMILES string of the molecule is CCN(CC)S(=O)(=O)c1ccc(C(=O)N(CCN(C)C)c2nc3c(OC)ccc(C)c3s2)cc1.Cl. The maximum absolute atomic E-state index is 13.6. The molecule has 0 fully saturated rings. The number of likely N-dealkylation sites (N-methyl/N-ethyl adjacent to an activating group) is 1. The standard InChI is InChI=1S/C24H32N4O4S2.ClH/c1-7-27(8-2)34(30,31)19-12-10-18(11-13-19)23(29)28(16-15-26(4)5)24-25-21-20(32-6)14-9-17(3)22(21)33-24;/h9-14H,7-8,15-16H2,1-6H3;1H. The van der Waals surface area contributed by atoms with E-state index in [0.717, 1.165) is 15.8 Å². The molecular weight excluding hydrogens is 508 g/mol. The third-order valence-electron chi connectivity index (χ3n) is 5.60. The van der Waals surface area contributed by atoms with Crippen LogP contribution in [0, 0.1) is 6.92 Å². The maximum atomic E-state index is 13.6. The fraction of sp³-hybridized carbons (Fsp3) is 0.417. The zero-order valence-electron chi connectivity index (χ0n) is 20.9. The number of carbonyl (C=O) groups excluding carboxylic acids is 1. The van der Waals surface area contributed by atoms with Gasteiger partial charge in [0.05, 0.1) is 16.7 Å². The van der Waals surface area contributed by atoms with Crippen molar-refractivity contribution >= 4 is 55.0 Å². The van der Waals surface area contributed by atoms with E-state index in [1.807, 2.05) is 38.1 Å². The van der Waals surface area contributed by atoms with E-state index in [1.54, 1.807) is 38.0 Å². The minimum atomic E-state index is -3.59. The van der Waals surface area contributed by atoms with E-state index in [0.29, 0.717) is 42.6 Å². The van der Waals surface area contributed by atoms with Crippen molar-refractivity contribution in [3.8, 4) is 5.75 Å². The minimum Gasteiger partial charge on any atom is -0.494 e. The summed E-state index contributed by atoms with van der Waals surface area (Å²) in [6.07, 6.45) is 0. The van der Waals surface area contributed by atoms with Gasteiger partial charge in [0.2, 0.25) is 10.0 Å². The molecule has 192 valence electrons. The minimum absolute atomic E-state index is 0. The quantitative estimate of drug-likeness (QED) is 0.382. The van der Waals surface area contributed by atoms with Gasteiger partial charge in [-0.1, -0.05) is 31.3 Å². The lowest BCUT2D eigenvalue weighted by molar-refractivity contribution is 0.0985. The number of amides is 1. The number of aryl methyl sites for hydroxylation is 1. The fourth-order valence-electron chi connectivity index (χ4n) is 3.60. The lowest BCUT2D eigenvalue weighted by atomic mass is 10.2. The third kappa shape index (κ3) is 6.13. The Kier molecular flexibility index (Phi) is 10.1. The number of halogens is 1. The molecule has 3 aromatic rings. The van der Waals surface area contributed by atoms with Gasteiger partial charge in [-0.05, 0) is 56.9 Å². The normalized spacial score (nSPS) is 11.7. The molecule has 0 saturated carbocycles. The highest BCUT2D eigenvalue weighted by atomic mass is 35.5. The second kappa shape index (κ2) is 12.1. The van der Waals surface area contributed by atoms with Gasteiger partial charge in [-0.15, -0.1) is 12.4 Å². The van der Waals surface area contributed by atoms with Crippen LogP contribution in [0.25, 0.3) is 10.2 Å². The van der Waals surface area contributed by atoms with Crippen molar-refractivity contribution in [2.75, 3.05) is 52.3 Å². The van der Waals surface area contributed by atoms with E-state index in [2.05, 4.69) is 0 Å². The Morgan fingerprint density at radius 3 is 2.20 bits per heavy atom. The van der Waals surface area contributed by atoms with E-state index in [9.17, 15) is 13.2 Å². The molecule has 0 saturated heterocycles. The van der Waals surface area contributed by atoms with Gasteiger partial charge in [0, 0.05) is 31.7 Å².